The smallest absolute Gasteiger partial charge is 0.147 e. The molecule has 28 heavy (non-hydrogen) atoms. The molecule has 2 fully saturated rings. The summed E-state index contributed by atoms with van der Waals surface area (Å²) in [5.41, 5.74) is 0.361. The van der Waals surface area contributed by atoms with Crippen molar-refractivity contribution in [2.24, 2.45) is 5.41 Å². The van der Waals surface area contributed by atoms with Gasteiger partial charge in [0.25, 0.3) is 0 Å². The first-order valence-corrected chi connectivity index (χ1v) is 13.3. The summed E-state index contributed by atoms with van der Waals surface area (Å²) >= 11 is 0. The molecule has 0 saturated carbocycles. The molecule has 5 atom stereocenters. The quantitative estimate of drug-likeness (QED) is 0.608. The third kappa shape index (κ3) is 7.40. The lowest BCUT2D eigenvalue weighted by molar-refractivity contribution is -0.101. The van der Waals surface area contributed by atoms with Gasteiger partial charge < -0.3 is 14.0 Å². The minimum absolute atomic E-state index is 0.136. The Balaban J connectivity index is 1.95. The molecule has 0 aromatic carbocycles. The average molecular weight is 417 g/mol. The normalized spacial score (nSPS) is 33.6. The molecule has 2 aliphatic rings. The fraction of sp³-hybridized carbons (Fsp3) is 1.00. The number of hydrogen-bond donors (Lipinski definition) is 0. The highest BCUT2D eigenvalue weighted by molar-refractivity contribution is 7.60. The van der Waals surface area contributed by atoms with Gasteiger partial charge >= 0.3 is 0 Å². The van der Waals surface area contributed by atoms with Crippen LogP contribution in [0.15, 0.2) is 0 Å². The van der Waals surface area contributed by atoms with Crippen LogP contribution in [0.3, 0.4) is 0 Å². The van der Waals surface area contributed by atoms with Crippen LogP contribution in [0.2, 0.25) is 0 Å². The summed E-state index contributed by atoms with van der Waals surface area (Å²) in [4.78, 5) is 2.50. The van der Waals surface area contributed by atoms with E-state index >= 15 is 0 Å². The van der Waals surface area contributed by atoms with Gasteiger partial charge in [0.1, 0.15) is 7.29 Å². The number of nitrogens with zero attached hydrogens (tertiary/aromatic N) is 2. The SMILES string of the molecule is CC1CN(C(C)(C)C)CC(CCP(C)(=O)N2CC(C)OC(CC(C)(C)C)C2)O1. The lowest BCUT2D eigenvalue weighted by atomic mass is 9.89. The first-order chi connectivity index (χ1) is 12.7. The van der Waals surface area contributed by atoms with Crippen LogP contribution in [-0.2, 0) is 14.0 Å². The van der Waals surface area contributed by atoms with Gasteiger partial charge in [0, 0.05) is 44.5 Å². The van der Waals surface area contributed by atoms with E-state index in [1.807, 2.05) is 6.66 Å². The van der Waals surface area contributed by atoms with Gasteiger partial charge in [-0.15, -0.1) is 0 Å². The Morgan fingerprint density at radius 3 is 2.04 bits per heavy atom. The number of rotatable bonds is 5. The second-order valence-corrected chi connectivity index (χ2v) is 14.5. The van der Waals surface area contributed by atoms with E-state index in [0.717, 1.165) is 45.2 Å². The third-order valence-corrected chi connectivity index (χ3v) is 8.50. The van der Waals surface area contributed by atoms with E-state index in [-0.39, 0.29) is 35.4 Å². The molecule has 0 N–H and O–H groups in total. The molecule has 0 radical (unpaired) electrons. The van der Waals surface area contributed by atoms with Gasteiger partial charge in [0.2, 0.25) is 0 Å². The number of hydrogen-bond acceptors (Lipinski definition) is 4. The van der Waals surface area contributed by atoms with E-state index in [1.165, 1.54) is 0 Å². The van der Waals surface area contributed by atoms with Gasteiger partial charge in [-0.1, -0.05) is 20.8 Å². The Hall–Kier alpha value is 0.0700. The summed E-state index contributed by atoms with van der Waals surface area (Å²) in [6, 6.07) is 0. The topological polar surface area (TPSA) is 42.0 Å². The van der Waals surface area contributed by atoms with Crippen LogP contribution in [0.1, 0.15) is 68.2 Å². The zero-order valence-corrected chi connectivity index (χ0v) is 20.7. The Bertz CT molecular complexity index is 555. The summed E-state index contributed by atoms with van der Waals surface area (Å²) in [7, 11) is -2.40. The Kier molecular flexibility index (Phi) is 7.87. The Labute approximate surface area is 173 Å². The second-order valence-electron chi connectivity index (χ2n) is 11.4. The van der Waals surface area contributed by atoms with Gasteiger partial charge in [-0.25, -0.2) is 4.67 Å². The summed E-state index contributed by atoms with van der Waals surface area (Å²) in [6.07, 6.45) is 3.28. The van der Waals surface area contributed by atoms with Crippen LogP contribution >= 0.6 is 7.29 Å². The molecule has 0 bridgehead atoms. The minimum Gasteiger partial charge on any atom is -0.373 e. The summed E-state index contributed by atoms with van der Waals surface area (Å²) in [5, 5.41) is 0. The first-order valence-electron chi connectivity index (χ1n) is 11.0. The van der Waals surface area contributed by atoms with Crippen molar-refractivity contribution in [2.45, 2.75) is 98.2 Å². The number of morpholine rings is 2. The predicted molar refractivity (Wildman–Crippen MR) is 119 cm³/mol. The molecule has 2 heterocycles. The van der Waals surface area contributed by atoms with E-state index in [1.54, 1.807) is 0 Å². The van der Waals surface area contributed by atoms with Crippen LogP contribution in [-0.4, -0.2) is 78.5 Å². The zero-order valence-electron chi connectivity index (χ0n) is 19.8. The average Bonchev–Trinajstić information content (AvgIpc) is 2.49. The van der Waals surface area contributed by atoms with Crippen molar-refractivity contribution >= 4 is 7.29 Å². The molecule has 5 nitrogen and oxygen atoms in total. The monoisotopic (exact) mass is 416 g/mol. The first kappa shape index (κ1) is 24.3. The van der Waals surface area contributed by atoms with Crippen molar-refractivity contribution < 1.29 is 14.0 Å². The molecule has 166 valence electrons. The molecule has 0 aromatic heterocycles. The second kappa shape index (κ2) is 9.06. The fourth-order valence-electron chi connectivity index (χ4n) is 4.44. The van der Waals surface area contributed by atoms with Crippen LogP contribution in [0.5, 0.6) is 0 Å². The van der Waals surface area contributed by atoms with Crippen LogP contribution < -0.4 is 0 Å². The molecule has 5 unspecified atom stereocenters. The Morgan fingerprint density at radius 1 is 0.893 bits per heavy atom. The largest absolute Gasteiger partial charge is 0.373 e. The lowest BCUT2D eigenvalue weighted by Gasteiger charge is -2.45. The van der Waals surface area contributed by atoms with Crippen molar-refractivity contribution in [2.75, 3.05) is 39.0 Å². The van der Waals surface area contributed by atoms with Crippen molar-refractivity contribution in [3.05, 3.63) is 0 Å². The zero-order chi connectivity index (χ0) is 21.3. The lowest BCUT2D eigenvalue weighted by Crippen LogP contribution is -2.54. The standard InChI is InChI=1S/C22H45N2O3P/c1-17-13-23(22(6,7)8)15-19(26-17)10-11-28(9,25)24-14-18(2)27-20(16-24)12-21(3,4)5/h17-20H,10-16H2,1-9H3. The van der Waals surface area contributed by atoms with Crippen LogP contribution in [0, 0.1) is 5.41 Å². The van der Waals surface area contributed by atoms with E-state index in [4.69, 9.17) is 9.47 Å². The maximum Gasteiger partial charge on any atom is 0.147 e. The third-order valence-electron chi connectivity index (χ3n) is 5.89. The van der Waals surface area contributed by atoms with Crippen molar-refractivity contribution in [3.63, 3.8) is 0 Å². The molecular formula is C22H45N2O3P. The minimum atomic E-state index is -2.40. The fourth-order valence-corrected chi connectivity index (χ4v) is 6.59. The highest BCUT2D eigenvalue weighted by atomic mass is 31.2. The molecule has 0 amide bonds. The van der Waals surface area contributed by atoms with Gasteiger partial charge in [-0.3, -0.25) is 4.90 Å². The van der Waals surface area contributed by atoms with Crippen LogP contribution in [0.4, 0.5) is 0 Å². The van der Waals surface area contributed by atoms with Crippen molar-refractivity contribution in [3.8, 4) is 0 Å². The highest BCUT2D eigenvalue weighted by Crippen LogP contribution is 2.48. The van der Waals surface area contributed by atoms with Crippen molar-refractivity contribution in [1.29, 1.82) is 0 Å². The molecular weight excluding hydrogens is 371 g/mol. The summed E-state index contributed by atoms with van der Waals surface area (Å²) in [6.45, 7) is 23.2. The molecule has 2 saturated heterocycles. The maximum absolute atomic E-state index is 13.6. The maximum atomic E-state index is 13.6. The predicted octanol–water partition coefficient (Wildman–Crippen LogP) is 4.70. The van der Waals surface area contributed by atoms with E-state index < -0.39 is 7.29 Å². The molecule has 2 aliphatic heterocycles. The molecule has 0 aliphatic carbocycles. The van der Waals surface area contributed by atoms with E-state index in [2.05, 4.69) is 65.0 Å². The molecule has 0 aromatic rings. The van der Waals surface area contributed by atoms with Gasteiger partial charge in [-0.05, 0) is 52.9 Å². The highest BCUT2D eigenvalue weighted by Gasteiger charge is 2.37. The summed E-state index contributed by atoms with van der Waals surface area (Å²) in [5.74, 6) is 0. The van der Waals surface area contributed by atoms with Crippen molar-refractivity contribution in [1.82, 2.24) is 9.57 Å². The molecule has 0 spiro atoms. The van der Waals surface area contributed by atoms with E-state index in [0.29, 0.717) is 0 Å². The van der Waals surface area contributed by atoms with E-state index in [9.17, 15) is 4.57 Å². The summed E-state index contributed by atoms with van der Waals surface area (Å²) < 4.78 is 28.2. The molecule has 6 heteroatoms. The van der Waals surface area contributed by atoms with Crippen LogP contribution in [0.25, 0.3) is 0 Å². The van der Waals surface area contributed by atoms with Gasteiger partial charge in [0.15, 0.2) is 0 Å². The Morgan fingerprint density at radius 2 is 1.46 bits per heavy atom. The number of ether oxygens (including phenoxy) is 2. The van der Waals surface area contributed by atoms with Gasteiger partial charge in [-0.2, -0.15) is 0 Å². The molecule has 2 rings (SSSR count). The van der Waals surface area contributed by atoms with Gasteiger partial charge in [0.05, 0.1) is 24.4 Å².